The minimum Gasteiger partial charge on any atom is -0.384 e. The number of allylic oxidation sites excluding steroid dienone is 5. The van der Waals surface area contributed by atoms with Crippen LogP contribution in [0.25, 0.3) is 50.3 Å². The summed E-state index contributed by atoms with van der Waals surface area (Å²) in [5, 5.41) is 14.8. The van der Waals surface area contributed by atoms with Crippen LogP contribution in [0.15, 0.2) is 109 Å². The average Bonchev–Trinajstić information content (AvgIpc) is 3.67. The number of aromatic nitrogens is 5. The van der Waals surface area contributed by atoms with E-state index >= 15 is 0 Å². The summed E-state index contributed by atoms with van der Waals surface area (Å²) in [6.45, 7) is 3.66. The van der Waals surface area contributed by atoms with Crippen LogP contribution in [-0.4, -0.2) is 63.1 Å². The summed E-state index contributed by atoms with van der Waals surface area (Å²) >= 11 is 0. The standard InChI is InChI=1S/C39H37FN8O/c1-4-24-13-14-30(43-39(49)25-9-6-5-7-10-25)19-26(17-24)28-21-33-36(46-47-37(33)42-23-28)38-44-34-12-8-11-32(35(34)45-38)27-18-29(40)22-31(20-27)41-15-16-48(2)3/h5-14,17-24,41H,4,15-16H2,1-3H3,(H,43,49)(H,44,45)(H,42,46,47). The van der Waals surface area contributed by atoms with Gasteiger partial charge in [0, 0.05) is 47.4 Å². The number of para-hydroxylation sites is 1. The highest BCUT2D eigenvalue weighted by atomic mass is 19.1. The summed E-state index contributed by atoms with van der Waals surface area (Å²) in [6.07, 6.45) is 10.9. The molecule has 6 aromatic rings. The molecule has 1 aliphatic rings. The van der Waals surface area contributed by atoms with E-state index in [0.29, 0.717) is 46.2 Å². The predicted molar refractivity (Wildman–Crippen MR) is 194 cm³/mol. The van der Waals surface area contributed by atoms with Gasteiger partial charge in [0.1, 0.15) is 11.5 Å². The van der Waals surface area contributed by atoms with Crippen LogP contribution in [0.3, 0.4) is 0 Å². The van der Waals surface area contributed by atoms with Gasteiger partial charge >= 0.3 is 0 Å². The van der Waals surface area contributed by atoms with Crippen molar-refractivity contribution in [1.82, 2.24) is 35.4 Å². The Bertz CT molecular complexity index is 2250. The predicted octanol–water partition coefficient (Wildman–Crippen LogP) is 7.57. The lowest BCUT2D eigenvalue weighted by molar-refractivity contribution is 0.0967. The molecular formula is C39H37FN8O. The summed E-state index contributed by atoms with van der Waals surface area (Å²) < 4.78 is 14.8. The van der Waals surface area contributed by atoms with Gasteiger partial charge in [-0.05, 0) is 92.2 Å². The molecule has 7 rings (SSSR count). The van der Waals surface area contributed by atoms with Gasteiger partial charge in [-0.2, -0.15) is 5.10 Å². The molecule has 3 aromatic heterocycles. The van der Waals surface area contributed by atoms with Crippen molar-refractivity contribution in [2.75, 3.05) is 32.5 Å². The van der Waals surface area contributed by atoms with Gasteiger partial charge in [0.25, 0.3) is 5.91 Å². The highest BCUT2D eigenvalue weighted by Crippen LogP contribution is 2.34. The maximum atomic E-state index is 14.8. The van der Waals surface area contributed by atoms with Crippen LogP contribution < -0.4 is 10.6 Å². The van der Waals surface area contributed by atoms with E-state index in [1.165, 1.54) is 12.1 Å². The van der Waals surface area contributed by atoms with E-state index in [-0.39, 0.29) is 17.6 Å². The lowest BCUT2D eigenvalue weighted by Gasteiger charge is -2.13. The number of fused-ring (bicyclic) bond motifs is 2. The molecule has 49 heavy (non-hydrogen) atoms. The Balaban J connectivity index is 1.23. The number of nitrogens with one attached hydrogen (secondary N) is 4. The Labute approximate surface area is 283 Å². The van der Waals surface area contributed by atoms with Crippen LogP contribution in [0.5, 0.6) is 0 Å². The third-order valence-electron chi connectivity index (χ3n) is 8.58. The number of imidazole rings is 1. The van der Waals surface area contributed by atoms with Gasteiger partial charge in [-0.3, -0.25) is 9.89 Å². The molecule has 1 atom stereocenters. The van der Waals surface area contributed by atoms with Crippen molar-refractivity contribution in [3.05, 3.63) is 126 Å². The number of carbonyl (C=O) groups excluding carboxylic acids is 1. The molecule has 4 N–H and O–H groups in total. The van der Waals surface area contributed by atoms with Gasteiger partial charge in [0.15, 0.2) is 11.5 Å². The van der Waals surface area contributed by atoms with Gasteiger partial charge in [0.2, 0.25) is 0 Å². The van der Waals surface area contributed by atoms with Crippen molar-refractivity contribution in [3.8, 4) is 22.6 Å². The third-order valence-corrected chi connectivity index (χ3v) is 8.58. The second-order valence-electron chi connectivity index (χ2n) is 12.4. The number of carbonyl (C=O) groups is 1. The number of likely N-dealkylation sites (N-methyl/N-ethyl adjacent to an activating group) is 1. The van der Waals surface area contributed by atoms with Crippen molar-refractivity contribution in [2.45, 2.75) is 13.3 Å². The molecule has 0 saturated carbocycles. The van der Waals surface area contributed by atoms with Crippen molar-refractivity contribution in [2.24, 2.45) is 5.92 Å². The quantitative estimate of drug-likeness (QED) is 0.121. The number of nitrogens with zero attached hydrogens (tertiary/aromatic N) is 4. The number of amides is 1. The molecule has 3 heterocycles. The fourth-order valence-electron chi connectivity index (χ4n) is 5.97. The first-order valence-electron chi connectivity index (χ1n) is 16.4. The zero-order chi connectivity index (χ0) is 33.9. The molecule has 0 radical (unpaired) electrons. The number of aromatic amines is 2. The van der Waals surface area contributed by atoms with Gasteiger partial charge in [-0.1, -0.05) is 49.4 Å². The Hall–Kier alpha value is -5.87. The van der Waals surface area contributed by atoms with Gasteiger partial charge in [0.05, 0.1) is 16.4 Å². The molecule has 0 aliphatic heterocycles. The SMILES string of the molecule is CCC1C=CC(NC(=O)c2ccccc2)=CC(c2cnc3[nH]nc(-c4nc5c(-c6cc(F)cc(NCCN(C)C)c6)cccc5[nH]4)c3c2)=C1. The number of rotatable bonds is 10. The number of anilines is 1. The van der Waals surface area contributed by atoms with Crippen LogP contribution >= 0.6 is 0 Å². The first-order valence-corrected chi connectivity index (χ1v) is 16.4. The topological polar surface area (TPSA) is 115 Å². The van der Waals surface area contributed by atoms with Crippen molar-refractivity contribution >= 4 is 39.2 Å². The van der Waals surface area contributed by atoms with E-state index in [4.69, 9.17) is 9.97 Å². The second-order valence-corrected chi connectivity index (χ2v) is 12.4. The summed E-state index contributed by atoms with van der Waals surface area (Å²) in [5.74, 6) is 0.260. The molecule has 1 unspecified atom stereocenters. The third kappa shape index (κ3) is 6.90. The zero-order valence-corrected chi connectivity index (χ0v) is 27.6. The summed E-state index contributed by atoms with van der Waals surface area (Å²) in [5.41, 5.74) is 8.14. The van der Waals surface area contributed by atoms with Crippen LogP contribution in [0.1, 0.15) is 29.3 Å². The highest BCUT2D eigenvalue weighted by molar-refractivity contribution is 5.98. The minimum absolute atomic E-state index is 0.171. The molecule has 9 nitrogen and oxygen atoms in total. The monoisotopic (exact) mass is 652 g/mol. The molecule has 1 amide bonds. The molecular weight excluding hydrogens is 615 g/mol. The lowest BCUT2D eigenvalue weighted by Crippen LogP contribution is -2.21. The summed E-state index contributed by atoms with van der Waals surface area (Å²) in [4.78, 5) is 28.2. The number of hydrogen-bond donors (Lipinski definition) is 4. The number of pyridine rings is 1. The fraction of sp³-hybridized carbons (Fsp3) is 0.179. The van der Waals surface area contributed by atoms with Gasteiger partial charge in [-0.25, -0.2) is 14.4 Å². The average molecular weight is 653 g/mol. The van der Waals surface area contributed by atoms with Crippen molar-refractivity contribution < 1.29 is 9.18 Å². The van der Waals surface area contributed by atoms with Crippen LogP contribution in [0.4, 0.5) is 10.1 Å². The van der Waals surface area contributed by atoms with E-state index in [1.807, 2.05) is 81.0 Å². The molecule has 246 valence electrons. The zero-order valence-electron chi connectivity index (χ0n) is 27.6. The highest BCUT2D eigenvalue weighted by Gasteiger charge is 2.18. The van der Waals surface area contributed by atoms with E-state index in [9.17, 15) is 9.18 Å². The van der Waals surface area contributed by atoms with Crippen LogP contribution in [-0.2, 0) is 0 Å². The molecule has 0 bridgehead atoms. The number of halogens is 1. The van der Waals surface area contributed by atoms with Gasteiger partial charge in [-0.15, -0.1) is 0 Å². The molecule has 3 aromatic carbocycles. The minimum atomic E-state index is -0.320. The molecule has 1 aliphatic carbocycles. The Morgan fingerprint density at radius 3 is 2.69 bits per heavy atom. The van der Waals surface area contributed by atoms with Crippen molar-refractivity contribution in [3.63, 3.8) is 0 Å². The first kappa shape index (κ1) is 31.7. The van der Waals surface area contributed by atoms with Gasteiger partial charge < -0.3 is 20.5 Å². The molecule has 0 spiro atoms. The smallest absolute Gasteiger partial charge is 0.255 e. The summed E-state index contributed by atoms with van der Waals surface area (Å²) in [6, 6.07) is 22.0. The molecule has 0 saturated heterocycles. The molecule has 0 fully saturated rings. The second kappa shape index (κ2) is 13.7. The van der Waals surface area contributed by atoms with Crippen LogP contribution in [0.2, 0.25) is 0 Å². The number of H-pyrrole nitrogens is 2. The number of benzene rings is 3. The van der Waals surface area contributed by atoms with E-state index in [2.05, 4.69) is 49.8 Å². The Morgan fingerprint density at radius 1 is 1.02 bits per heavy atom. The van der Waals surface area contributed by atoms with Crippen molar-refractivity contribution in [1.29, 1.82) is 0 Å². The Kier molecular flexibility index (Phi) is 8.87. The normalized spacial score (nSPS) is 14.6. The van der Waals surface area contributed by atoms with Crippen LogP contribution in [0, 0.1) is 11.7 Å². The maximum Gasteiger partial charge on any atom is 0.255 e. The lowest BCUT2D eigenvalue weighted by atomic mass is 9.99. The largest absolute Gasteiger partial charge is 0.384 e. The fourth-order valence-corrected chi connectivity index (χ4v) is 5.97. The maximum absolute atomic E-state index is 14.8. The van der Waals surface area contributed by atoms with E-state index < -0.39 is 0 Å². The first-order chi connectivity index (χ1) is 23.8. The van der Waals surface area contributed by atoms with E-state index in [0.717, 1.165) is 46.1 Å². The van der Waals surface area contributed by atoms with E-state index in [1.54, 1.807) is 12.1 Å². The molecule has 10 heteroatoms. The summed E-state index contributed by atoms with van der Waals surface area (Å²) in [7, 11) is 4.01. The number of hydrogen-bond acceptors (Lipinski definition) is 6. The Morgan fingerprint density at radius 2 is 1.88 bits per heavy atom.